The molecule has 1 nitrogen and oxygen atoms in total. The third-order valence-electron chi connectivity index (χ3n) is 4.00. The topological polar surface area (TPSA) is 9.23 Å². The summed E-state index contributed by atoms with van der Waals surface area (Å²) in [6, 6.07) is 3.33. The molecule has 0 aliphatic heterocycles. The lowest BCUT2D eigenvalue weighted by molar-refractivity contribution is 0.231. The van der Waals surface area contributed by atoms with E-state index < -0.39 is 11.6 Å². The van der Waals surface area contributed by atoms with E-state index in [-0.39, 0.29) is 18.1 Å². The van der Waals surface area contributed by atoms with Crippen LogP contribution in [0.1, 0.15) is 49.7 Å². The van der Waals surface area contributed by atoms with E-state index >= 15 is 0 Å². The Balaban J connectivity index is 2.18. The number of hydrogen-bond acceptors (Lipinski definition) is 1. The van der Waals surface area contributed by atoms with Gasteiger partial charge in [-0.1, -0.05) is 38.5 Å². The Labute approximate surface area is 113 Å². The molecule has 3 heteroatoms. The molecule has 19 heavy (non-hydrogen) atoms. The summed E-state index contributed by atoms with van der Waals surface area (Å²) in [7, 11) is 0. The zero-order valence-electron chi connectivity index (χ0n) is 11.3. The largest absolute Gasteiger partial charge is 0.497 e. The minimum absolute atomic E-state index is 0.0221. The Kier molecular flexibility index (Phi) is 4.56. The van der Waals surface area contributed by atoms with Crippen molar-refractivity contribution >= 4 is 0 Å². The van der Waals surface area contributed by atoms with Crippen LogP contribution < -0.4 is 0 Å². The summed E-state index contributed by atoms with van der Waals surface area (Å²) in [6.07, 6.45) is 5.30. The van der Waals surface area contributed by atoms with Crippen LogP contribution in [0.25, 0.3) is 0 Å². The minimum Gasteiger partial charge on any atom is -0.497 e. The van der Waals surface area contributed by atoms with Gasteiger partial charge in [0.2, 0.25) is 0 Å². The Bertz CT molecular complexity index is 448. The van der Waals surface area contributed by atoms with E-state index in [2.05, 4.69) is 13.5 Å². The smallest absolute Gasteiger partial charge is 0.165 e. The van der Waals surface area contributed by atoms with Crippen molar-refractivity contribution in [2.45, 2.75) is 45.1 Å². The summed E-state index contributed by atoms with van der Waals surface area (Å²) in [6.45, 7) is 5.62. The fourth-order valence-electron chi connectivity index (χ4n) is 2.75. The van der Waals surface area contributed by atoms with Gasteiger partial charge in [0.1, 0.15) is 6.61 Å². The van der Waals surface area contributed by atoms with E-state index in [1.807, 2.05) is 0 Å². The predicted molar refractivity (Wildman–Crippen MR) is 71.7 cm³/mol. The maximum absolute atomic E-state index is 14.1. The molecule has 0 saturated heterocycles. The van der Waals surface area contributed by atoms with Gasteiger partial charge < -0.3 is 4.74 Å². The first kappa shape index (κ1) is 14.0. The average Bonchev–Trinajstić information content (AvgIpc) is 2.42. The van der Waals surface area contributed by atoms with Crippen LogP contribution in [-0.4, -0.2) is 0 Å². The van der Waals surface area contributed by atoms with Crippen molar-refractivity contribution in [3.05, 3.63) is 47.7 Å². The third kappa shape index (κ3) is 3.14. The number of hydrogen-bond donors (Lipinski definition) is 0. The monoisotopic (exact) mass is 266 g/mol. The molecular weight excluding hydrogens is 246 g/mol. The molecule has 1 aromatic carbocycles. The van der Waals surface area contributed by atoms with Crippen molar-refractivity contribution in [3.8, 4) is 0 Å². The van der Waals surface area contributed by atoms with Crippen molar-refractivity contribution < 1.29 is 13.5 Å². The predicted octanol–water partition coefficient (Wildman–Crippen LogP) is 4.92. The van der Waals surface area contributed by atoms with E-state index in [1.165, 1.54) is 6.26 Å². The SMILES string of the molecule is C=COCc1ccc(C2CCC(C)CC2)c(F)c1F. The molecule has 1 aliphatic rings. The number of ether oxygens (including phenoxy) is 1. The van der Waals surface area contributed by atoms with Gasteiger partial charge in [-0.15, -0.1) is 0 Å². The highest BCUT2D eigenvalue weighted by Gasteiger charge is 2.24. The molecule has 1 aliphatic carbocycles. The zero-order chi connectivity index (χ0) is 13.8. The van der Waals surface area contributed by atoms with Crippen molar-refractivity contribution in [2.24, 2.45) is 5.92 Å². The normalized spacial score (nSPS) is 23.1. The lowest BCUT2D eigenvalue weighted by Gasteiger charge is -2.27. The van der Waals surface area contributed by atoms with Crippen molar-refractivity contribution in [1.82, 2.24) is 0 Å². The molecule has 0 spiro atoms. The molecule has 0 aromatic heterocycles. The van der Waals surface area contributed by atoms with Crippen LogP contribution in [0.4, 0.5) is 8.78 Å². The van der Waals surface area contributed by atoms with Crippen LogP contribution in [0.15, 0.2) is 25.0 Å². The average molecular weight is 266 g/mol. The zero-order valence-corrected chi connectivity index (χ0v) is 11.3. The van der Waals surface area contributed by atoms with E-state index in [0.717, 1.165) is 25.7 Å². The van der Waals surface area contributed by atoms with Gasteiger partial charge in [0, 0.05) is 5.56 Å². The minimum atomic E-state index is -0.780. The molecule has 0 unspecified atom stereocenters. The molecule has 1 saturated carbocycles. The lowest BCUT2D eigenvalue weighted by atomic mass is 9.79. The second-order valence-corrected chi connectivity index (χ2v) is 5.38. The van der Waals surface area contributed by atoms with Gasteiger partial charge in [0.25, 0.3) is 0 Å². The Morgan fingerprint density at radius 1 is 1.21 bits per heavy atom. The Morgan fingerprint density at radius 2 is 1.89 bits per heavy atom. The van der Waals surface area contributed by atoms with Crippen LogP contribution in [0.5, 0.6) is 0 Å². The van der Waals surface area contributed by atoms with Crippen molar-refractivity contribution in [1.29, 1.82) is 0 Å². The second kappa shape index (κ2) is 6.18. The summed E-state index contributed by atoms with van der Waals surface area (Å²) < 4.78 is 33.0. The van der Waals surface area contributed by atoms with Crippen LogP contribution in [0, 0.1) is 17.6 Å². The molecule has 104 valence electrons. The molecule has 1 fully saturated rings. The number of rotatable bonds is 4. The molecule has 0 radical (unpaired) electrons. The van der Waals surface area contributed by atoms with Crippen molar-refractivity contribution in [3.63, 3.8) is 0 Å². The van der Waals surface area contributed by atoms with Gasteiger partial charge in [-0.25, -0.2) is 8.78 Å². The fraction of sp³-hybridized carbons (Fsp3) is 0.500. The maximum Gasteiger partial charge on any atom is 0.165 e. The summed E-state index contributed by atoms with van der Waals surface area (Å²) in [5.41, 5.74) is 0.761. The number of benzene rings is 1. The van der Waals surface area contributed by atoms with E-state index in [1.54, 1.807) is 12.1 Å². The maximum atomic E-state index is 14.1. The summed E-state index contributed by atoms with van der Waals surface area (Å²) in [5.74, 6) is -0.632. The van der Waals surface area contributed by atoms with Crippen LogP contribution in [0.3, 0.4) is 0 Å². The van der Waals surface area contributed by atoms with Gasteiger partial charge >= 0.3 is 0 Å². The summed E-state index contributed by atoms with van der Waals surface area (Å²) >= 11 is 0. The van der Waals surface area contributed by atoms with Gasteiger partial charge in [0.15, 0.2) is 11.6 Å². The third-order valence-corrected chi connectivity index (χ3v) is 4.00. The van der Waals surface area contributed by atoms with E-state index in [9.17, 15) is 8.78 Å². The molecular formula is C16H20F2O. The first-order valence-corrected chi connectivity index (χ1v) is 6.82. The van der Waals surface area contributed by atoms with Crippen molar-refractivity contribution in [2.75, 3.05) is 0 Å². The molecule has 0 heterocycles. The first-order valence-electron chi connectivity index (χ1n) is 6.82. The Hall–Kier alpha value is -1.38. The highest BCUT2D eigenvalue weighted by molar-refractivity contribution is 5.29. The van der Waals surface area contributed by atoms with E-state index in [4.69, 9.17) is 4.74 Å². The molecule has 1 aromatic rings. The highest BCUT2D eigenvalue weighted by atomic mass is 19.2. The first-order chi connectivity index (χ1) is 9.13. The van der Waals surface area contributed by atoms with Gasteiger partial charge in [0.05, 0.1) is 6.26 Å². The lowest BCUT2D eigenvalue weighted by Crippen LogP contribution is -2.13. The summed E-state index contributed by atoms with van der Waals surface area (Å²) in [5, 5.41) is 0. The quantitative estimate of drug-likeness (QED) is 0.703. The molecule has 2 rings (SSSR count). The highest BCUT2D eigenvalue weighted by Crippen LogP contribution is 2.37. The van der Waals surface area contributed by atoms with Crippen LogP contribution in [0.2, 0.25) is 0 Å². The van der Waals surface area contributed by atoms with Gasteiger partial charge in [-0.3, -0.25) is 0 Å². The summed E-state index contributed by atoms with van der Waals surface area (Å²) in [4.78, 5) is 0. The van der Waals surface area contributed by atoms with Gasteiger partial charge in [-0.05, 0) is 30.2 Å². The van der Waals surface area contributed by atoms with E-state index in [0.29, 0.717) is 11.5 Å². The molecule has 0 bridgehead atoms. The molecule has 0 atom stereocenters. The van der Waals surface area contributed by atoms with Gasteiger partial charge in [-0.2, -0.15) is 0 Å². The second-order valence-electron chi connectivity index (χ2n) is 5.38. The Morgan fingerprint density at radius 3 is 2.53 bits per heavy atom. The molecule has 0 N–H and O–H groups in total. The molecule has 0 amide bonds. The fourth-order valence-corrected chi connectivity index (χ4v) is 2.75. The number of halogens is 2. The van der Waals surface area contributed by atoms with Crippen LogP contribution in [-0.2, 0) is 11.3 Å². The standard InChI is InChI=1S/C16H20F2O/c1-3-19-10-13-8-9-14(16(18)15(13)17)12-6-4-11(2)5-7-12/h3,8-9,11-12H,1,4-7,10H2,2H3. The van der Waals surface area contributed by atoms with Crippen LogP contribution >= 0.6 is 0 Å².